The van der Waals surface area contributed by atoms with Crippen molar-refractivity contribution < 1.29 is 14.3 Å². The monoisotopic (exact) mass is 535 g/mol. The van der Waals surface area contributed by atoms with E-state index in [1.807, 2.05) is 19.9 Å². The van der Waals surface area contributed by atoms with Crippen molar-refractivity contribution in [2.45, 2.75) is 64.5 Å². The zero-order chi connectivity index (χ0) is 27.7. The maximum absolute atomic E-state index is 13.3. The lowest BCUT2D eigenvalue weighted by Gasteiger charge is -2.34. The maximum Gasteiger partial charge on any atom is 0.251 e. The number of nitrogens with one attached hydrogen (secondary N) is 2. The zero-order valence-electron chi connectivity index (χ0n) is 23.8. The summed E-state index contributed by atoms with van der Waals surface area (Å²) in [5.74, 6) is 1.68. The van der Waals surface area contributed by atoms with E-state index >= 15 is 0 Å². The van der Waals surface area contributed by atoms with Crippen LogP contribution in [-0.2, 0) is 4.79 Å². The number of hydrogen-bond donors (Lipinski definition) is 2. The summed E-state index contributed by atoms with van der Waals surface area (Å²) < 4.78 is 5.64. The SMILES string of the molecule is COc1cc(C(=O)NC2CCN(C)CC2)ccc1Nc1ncc2c(n1)N(C1CCCC1)CC(C)(C)C(=O)N2C. The van der Waals surface area contributed by atoms with E-state index in [0.717, 1.165) is 50.3 Å². The summed E-state index contributed by atoms with van der Waals surface area (Å²) in [7, 11) is 5.49. The van der Waals surface area contributed by atoms with E-state index in [0.29, 0.717) is 35.5 Å². The van der Waals surface area contributed by atoms with Crippen LogP contribution >= 0.6 is 0 Å². The largest absolute Gasteiger partial charge is 0.495 e. The van der Waals surface area contributed by atoms with Crippen LogP contribution in [0.25, 0.3) is 0 Å². The first-order valence-corrected chi connectivity index (χ1v) is 14.0. The van der Waals surface area contributed by atoms with Gasteiger partial charge < -0.3 is 30.1 Å². The quantitative estimate of drug-likeness (QED) is 0.576. The van der Waals surface area contributed by atoms with Gasteiger partial charge in [-0.25, -0.2) is 4.98 Å². The third-order valence-corrected chi connectivity index (χ3v) is 8.36. The number of benzene rings is 1. The van der Waals surface area contributed by atoms with Crippen LogP contribution in [0, 0.1) is 5.41 Å². The second kappa shape index (κ2) is 11.0. The number of carbonyl (C=O) groups is 2. The molecule has 2 N–H and O–H groups in total. The first-order valence-electron chi connectivity index (χ1n) is 14.0. The molecule has 0 atom stereocenters. The molecule has 10 nitrogen and oxygen atoms in total. The van der Waals surface area contributed by atoms with Crippen LogP contribution in [0.15, 0.2) is 24.4 Å². The fraction of sp³-hybridized carbons (Fsp3) is 0.586. The van der Waals surface area contributed by atoms with Gasteiger partial charge in [0.2, 0.25) is 11.9 Å². The Morgan fingerprint density at radius 1 is 1.10 bits per heavy atom. The third kappa shape index (κ3) is 5.66. The number of rotatable bonds is 6. The van der Waals surface area contributed by atoms with Gasteiger partial charge in [0.25, 0.3) is 5.91 Å². The molecule has 1 saturated carbocycles. The molecule has 210 valence electrons. The van der Waals surface area contributed by atoms with E-state index in [1.54, 1.807) is 37.4 Å². The molecule has 2 aromatic rings. The van der Waals surface area contributed by atoms with Gasteiger partial charge >= 0.3 is 0 Å². The van der Waals surface area contributed by atoms with Gasteiger partial charge in [0.05, 0.1) is 24.4 Å². The molecular weight excluding hydrogens is 494 g/mol. The molecule has 3 aliphatic rings. The average Bonchev–Trinajstić information content (AvgIpc) is 3.45. The Kier molecular flexibility index (Phi) is 7.66. The molecule has 0 bridgehead atoms. The summed E-state index contributed by atoms with van der Waals surface area (Å²) in [6, 6.07) is 5.89. The van der Waals surface area contributed by atoms with E-state index in [4.69, 9.17) is 9.72 Å². The van der Waals surface area contributed by atoms with Gasteiger partial charge in [-0.15, -0.1) is 0 Å². The Morgan fingerprint density at radius 2 is 1.82 bits per heavy atom. The lowest BCUT2D eigenvalue weighted by Crippen LogP contribution is -2.45. The Bertz CT molecular complexity index is 1220. The van der Waals surface area contributed by atoms with E-state index in [9.17, 15) is 9.59 Å². The Labute approximate surface area is 231 Å². The van der Waals surface area contributed by atoms with Crippen LogP contribution in [0.1, 0.15) is 62.7 Å². The normalized spacial score (nSPS) is 20.5. The van der Waals surface area contributed by atoms with E-state index < -0.39 is 5.41 Å². The summed E-state index contributed by atoms with van der Waals surface area (Å²) in [5.41, 5.74) is 1.39. The van der Waals surface area contributed by atoms with Gasteiger partial charge in [0.15, 0.2) is 5.82 Å². The second-order valence-corrected chi connectivity index (χ2v) is 11.8. The van der Waals surface area contributed by atoms with Crippen LogP contribution in [0.2, 0.25) is 0 Å². The van der Waals surface area contributed by atoms with Gasteiger partial charge in [0.1, 0.15) is 11.4 Å². The number of ether oxygens (including phenoxy) is 1. The molecule has 5 rings (SSSR count). The van der Waals surface area contributed by atoms with Crippen LogP contribution in [0.3, 0.4) is 0 Å². The fourth-order valence-electron chi connectivity index (χ4n) is 6.00. The number of piperidine rings is 1. The number of aromatic nitrogens is 2. The Hall–Kier alpha value is -3.40. The minimum Gasteiger partial charge on any atom is -0.495 e. The van der Waals surface area contributed by atoms with Crippen molar-refractivity contribution in [3.8, 4) is 5.75 Å². The minimum absolute atomic E-state index is 0.0596. The highest BCUT2D eigenvalue weighted by Gasteiger charge is 2.41. The lowest BCUT2D eigenvalue weighted by molar-refractivity contribution is -0.125. The standard InChI is InChI=1S/C29H41N7O3/c1-29(2)18-36(21-8-6-7-9-21)25-23(35(4)27(29)38)17-30-28(33-25)32-22-11-10-19(16-24(22)39-5)26(37)31-20-12-14-34(3)15-13-20/h10-11,16-17,20-21H,6-9,12-15,18H2,1-5H3,(H,31,37)(H,30,32,33). The van der Waals surface area contributed by atoms with Gasteiger partial charge in [-0.05, 0) is 77.9 Å². The van der Waals surface area contributed by atoms with E-state index in [2.05, 4.69) is 32.5 Å². The van der Waals surface area contributed by atoms with Crippen molar-refractivity contribution in [1.82, 2.24) is 20.2 Å². The highest BCUT2D eigenvalue weighted by atomic mass is 16.5. The molecule has 3 heterocycles. The molecule has 0 radical (unpaired) electrons. The first kappa shape index (κ1) is 27.2. The molecule has 1 saturated heterocycles. The molecule has 2 fully saturated rings. The Morgan fingerprint density at radius 3 is 2.51 bits per heavy atom. The van der Waals surface area contributed by atoms with Crippen molar-refractivity contribution >= 4 is 35.0 Å². The fourth-order valence-corrected chi connectivity index (χ4v) is 6.00. The van der Waals surface area contributed by atoms with Crippen LogP contribution in [0.4, 0.5) is 23.1 Å². The molecule has 0 unspecified atom stereocenters. The van der Waals surface area contributed by atoms with Crippen molar-refractivity contribution in [3.63, 3.8) is 0 Å². The molecule has 39 heavy (non-hydrogen) atoms. The highest BCUT2D eigenvalue weighted by Crippen LogP contribution is 2.40. The van der Waals surface area contributed by atoms with E-state index in [1.165, 1.54) is 12.8 Å². The summed E-state index contributed by atoms with van der Waals surface area (Å²) in [5, 5.41) is 6.45. The maximum atomic E-state index is 13.3. The number of amides is 2. The van der Waals surface area contributed by atoms with Crippen LogP contribution in [0.5, 0.6) is 5.75 Å². The van der Waals surface area contributed by atoms with Crippen molar-refractivity contribution in [1.29, 1.82) is 0 Å². The number of fused-ring (bicyclic) bond motifs is 1. The molecule has 1 aromatic heterocycles. The topological polar surface area (TPSA) is 103 Å². The van der Waals surface area contributed by atoms with Crippen LogP contribution in [-0.4, -0.2) is 79.6 Å². The summed E-state index contributed by atoms with van der Waals surface area (Å²) in [6.07, 6.45) is 8.18. The number of likely N-dealkylation sites (tertiary alicyclic amines) is 1. The first-order chi connectivity index (χ1) is 18.7. The number of anilines is 4. The summed E-state index contributed by atoms with van der Waals surface area (Å²) in [4.78, 5) is 42.0. The predicted octanol–water partition coefficient (Wildman–Crippen LogP) is 3.80. The van der Waals surface area contributed by atoms with Gasteiger partial charge in [-0.2, -0.15) is 4.98 Å². The van der Waals surface area contributed by atoms with Crippen molar-refractivity contribution in [2.75, 3.05) is 56.0 Å². The van der Waals surface area contributed by atoms with E-state index in [-0.39, 0.29) is 17.9 Å². The highest BCUT2D eigenvalue weighted by molar-refractivity contribution is 6.01. The molecule has 1 aromatic carbocycles. The lowest BCUT2D eigenvalue weighted by atomic mass is 9.91. The minimum atomic E-state index is -0.543. The summed E-state index contributed by atoms with van der Waals surface area (Å²) in [6.45, 7) is 6.58. The number of methoxy groups -OCH3 is 1. The molecule has 2 amide bonds. The molecule has 10 heteroatoms. The Balaban J connectivity index is 1.39. The predicted molar refractivity (Wildman–Crippen MR) is 153 cm³/mol. The van der Waals surface area contributed by atoms with Crippen molar-refractivity contribution in [2.24, 2.45) is 5.41 Å². The van der Waals surface area contributed by atoms with Crippen LogP contribution < -0.4 is 25.2 Å². The molecule has 2 aliphatic heterocycles. The second-order valence-electron chi connectivity index (χ2n) is 11.8. The van der Waals surface area contributed by atoms with Gasteiger partial charge in [0, 0.05) is 31.2 Å². The number of nitrogens with zero attached hydrogens (tertiary/aromatic N) is 5. The summed E-state index contributed by atoms with van der Waals surface area (Å²) >= 11 is 0. The number of carbonyl (C=O) groups excluding carboxylic acids is 2. The van der Waals surface area contributed by atoms with Gasteiger partial charge in [-0.1, -0.05) is 12.8 Å². The third-order valence-electron chi connectivity index (χ3n) is 8.36. The van der Waals surface area contributed by atoms with Gasteiger partial charge in [-0.3, -0.25) is 9.59 Å². The smallest absolute Gasteiger partial charge is 0.251 e. The molecule has 0 spiro atoms. The molecule has 1 aliphatic carbocycles. The number of hydrogen-bond acceptors (Lipinski definition) is 8. The zero-order valence-corrected chi connectivity index (χ0v) is 23.8. The average molecular weight is 536 g/mol. The van der Waals surface area contributed by atoms with Crippen molar-refractivity contribution in [3.05, 3.63) is 30.0 Å². The molecular formula is C29H41N7O3.